The Bertz CT molecular complexity index is 539. The van der Waals surface area contributed by atoms with Gasteiger partial charge in [0.15, 0.2) is 0 Å². The molecule has 5 nitrogen and oxygen atoms in total. The molecule has 0 radical (unpaired) electrons. The number of carbonyl (C=O) groups is 2. The molecule has 134 valence electrons. The third kappa shape index (κ3) is 6.79. The van der Waals surface area contributed by atoms with E-state index in [2.05, 4.69) is 26.1 Å². The number of rotatable bonds is 6. The van der Waals surface area contributed by atoms with Crippen LogP contribution in [0, 0.1) is 5.92 Å². The van der Waals surface area contributed by atoms with Crippen LogP contribution in [0.2, 0.25) is 0 Å². The zero-order valence-electron chi connectivity index (χ0n) is 13.8. The summed E-state index contributed by atoms with van der Waals surface area (Å²) in [6.45, 7) is 4.53. The molecule has 0 aliphatic carbocycles. The first-order valence-electron chi connectivity index (χ1n) is 8.03. The highest BCUT2D eigenvalue weighted by atomic mass is 79.9. The lowest BCUT2D eigenvalue weighted by molar-refractivity contribution is -0.149. The van der Waals surface area contributed by atoms with Gasteiger partial charge in [-0.1, -0.05) is 15.9 Å². The first-order valence-corrected chi connectivity index (χ1v) is 8.82. The molecule has 1 unspecified atom stereocenters. The van der Waals surface area contributed by atoms with Crippen molar-refractivity contribution in [1.29, 1.82) is 0 Å². The van der Waals surface area contributed by atoms with Crippen molar-refractivity contribution < 1.29 is 14.3 Å². The number of nitrogens with zero attached hydrogens (tertiary/aromatic N) is 1. The van der Waals surface area contributed by atoms with E-state index in [0.717, 1.165) is 29.5 Å². The van der Waals surface area contributed by atoms with E-state index in [1.54, 1.807) is 0 Å². The number of likely N-dealkylation sites (tertiary alicyclic amines) is 1. The molecule has 1 aromatic carbocycles. The van der Waals surface area contributed by atoms with Crippen LogP contribution >= 0.6 is 28.3 Å². The van der Waals surface area contributed by atoms with Gasteiger partial charge in [-0.25, -0.2) is 0 Å². The minimum atomic E-state index is -0.114. The van der Waals surface area contributed by atoms with Crippen LogP contribution in [0.15, 0.2) is 28.7 Å². The highest BCUT2D eigenvalue weighted by molar-refractivity contribution is 9.10. The van der Waals surface area contributed by atoms with Crippen molar-refractivity contribution in [2.75, 3.05) is 31.6 Å². The summed E-state index contributed by atoms with van der Waals surface area (Å²) in [5.74, 6) is -0.180. The number of benzene rings is 1. The monoisotopic (exact) mass is 418 g/mol. The normalized spacial score (nSPS) is 17.7. The molecule has 1 saturated heterocycles. The average molecular weight is 420 g/mol. The van der Waals surface area contributed by atoms with Crippen molar-refractivity contribution in [3.05, 3.63) is 28.7 Å². The predicted octanol–water partition coefficient (Wildman–Crippen LogP) is 3.47. The molecule has 1 heterocycles. The Hall–Kier alpha value is -1.11. The van der Waals surface area contributed by atoms with E-state index in [0.29, 0.717) is 26.1 Å². The fourth-order valence-corrected chi connectivity index (χ4v) is 2.99. The molecule has 1 amide bonds. The second kappa shape index (κ2) is 10.7. The van der Waals surface area contributed by atoms with E-state index in [1.165, 1.54) is 0 Å². The maximum Gasteiger partial charge on any atom is 0.310 e. The Kier molecular flexibility index (Phi) is 9.33. The highest BCUT2D eigenvalue weighted by Gasteiger charge is 2.26. The molecule has 1 fully saturated rings. The smallest absolute Gasteiger partial charge is 0.310 e. The molecule has 0 bridgehead atoms. The van der Waals surface area contributed by atoms with Crippen molar-refractivity contribution in [3.63, 3.8) is 0 Å². The summed E-state index contributed by atoms with van der Waals surface area (Å²) in [6.07, 6.45) is 2.27. The number of anilines is 1. The zero-order chi connectivity index (χ0) is 16.7. The quantitative estimate of drug-likeness (QED) is 0.717. The molecule has 24 heavy (non-hydrogen) atoms. The number of nitrogens with one attached hydrogen (secondary N) is 1. The Morgan fingerprint density at radius 3 is 2.71 bits per heavy atom. The minimum absolute atomic E-state index is 0. The molecule has 7 heteroatoms. The second-order valence-corrected chi connectivity index (χ2v) is 6.61. The van der Waals surface area contributed by atoms with E-state index in [-0.39, 0.29) is 30.2 Å². The summed E-state index contributed by atoms with van der Waals surface area (Å²) >= 11 is 3.37. The number of ether oxygens (including phenoxy) is 1. The predicted molar refractivity (Wildman–Crippen MR) is 100 cm³/mol. The third-order valence-corrected chi connectivity index (χ3v) is 4.44. The van der Waals surface area contributed by atoms with Gasteiger partial charge in [-0.05, 0) is 50.6 Å². The van der Waals surface area contributed by atoms with Crippen LogP contribution < -0.4 is 5.32 Å². The molecule has 0 spiro atoms. The van der Waals surface area contributed by atoms with Crippen LogP contribution in [0.1, 0.15) is 26.2 Å². The number of hydrogen-bond acceptors (Lipinski definition) is 4. The van der Waals surface area contributed by atoms with Gasteiger partial charge in [-0.15, -0.1) is 12.4 Å². The lowest BCUT2D eigenvalue weighted by Gasteiger charge is -2.31. The Morgan fingerprint density at radius 1 is 1.33 bits per heavy atom. The van der Waals surface area contributed by atoms with Gasteiger partial charge in [0.05, 0.1) is 12.5 Å². The van der Waals surface area contributed by atoms with Gasteiger partial charge in [0, 0.05) is 29.7 Å². The molecule has 1 atom stereocenters. The highest BCUT2D eigenvalue weighted by Crippen LogP contribution is 2.18. The van der Waals surface area contributed by atoms with Gasteiger partial charge in [-0.2, -0.15) is 0 Å². The van der Waals surface area contributed by atoms with Gasteiger partial charge in [0.25, 0.3) is 0 Å². The maximum atomic E-state index is 12.0. The van der Waals surface area contributed by atoms with Gasteiger partial charge in [-0.3, -0.25) is 9.59 Å². The number of carbonyl (C=O) groups excluding carboxylic acids is 2. The Labute approximate surface area is 157 Å². The van der Waals surface area contributed by atoms with E-state index < -0.39 is 0 Å². The van der Waals surface area contributed by atoms with Crippen molar-refractivity contribution in [1.82, 2.24) is 4.90 Å². The molecule has 1 aliphatic rings. The number of amides is 1. The van der Waals surface area contributed by atoms with Gasteiger partial charge in [0.2, 0.25) is 5.91 Å². The Balaban J connectivity index is 0.00000288. The molecule has 0 saturated carbocycles. The van der Waals surface area contributed by atoms with E-state index in [1.807, 2.05) is 31.2 Å². The van der Waals surface area contributed by atoms with Gasteiger partial charge in [0.1, 0.15) is 0 Å². The van der Waals surface area contributed by atoms with Crippen molar-refractivity contribution in [2.24, 2.45) is 5.92 Å². The fourth-order valence-electron chi connectivity index (χ4n) is 2.73. The summed E-state index contributed by atoms with van der Waals surface area (Å²) in [5.41, 5.74) is 0.793. The summed E-state index contributed by atoms with van der Waals surface area (Å²) in [5, 5.41) is 2.88. The molecule has 0 aromatic heterocycles. The number of piperidine rings is 1. The maximum absolute atomic E-state index is 12.0. The first-order chi connectivity index (χ1) is 11.1. The van der Waals surface area contributed by atoms with Crippen molar-refractivity contribution in [3.8, 4) is 0 Å². The van der Waals surface area contributed by atoms with Gasteiger partial charge >= 0.3 is 5.97 Å². The average Bonchev–Trinajstić information content (AvgIpc) is 2.56. The van der Waals surface area contributed by atoms with Crippen LogP contribution in [0.25, 0.3) is 0 Å². The van der Waals surface area contributed by atoms with Crippen LogP contribution in [0.4, 0.5) is 5.69 Å². The summed E-state index contributed by atoms with van der Waals surface area (Å²) in [6, 6.07) is 7.51. The van der Waals surface area contributed by atoms with Crippen molar-refractivity contribution in [2.45, 2.75) is 26.2 Å². The third-order valence-electron chi connectivity index (χ3n) is 3.91. The topological polar surface area (TPSA) is 58.6 Å². The minimum Gasteiger partial charge on any atom is -0.466 e. The second-order valence-electron chi connectivity index (χ2n) is 5.70. The number of hydrogen-bond donors (Lipinski definition) is 1. The van der Waals surface area contributed by atoms with Gasteiger partial charge < -0.3 is 15.0 Å². The van der Waals surface area contributed by atoms with Crippen LogP contribution in [0.5, 0.6) is 0 Å². The van der Waals surface area contributed by atoms with Crippen LogP contribution in [-0.4, -0.2) is 43.0 Å². The zero-order valence-corrected chi connectivity index (χ0v) is 16.2. The van der Waals surface area contributed by atoms with E-state index in [9.17, 15) is 9.59 Å². The number of esters is 1. The molecule has 1 N–H and O–H groups in total. The fraction of sp³-hybridized carbons (Fsp3) is 0.529. The molecule has 1 aromatic rings. The summed E-state index contributed by atoms with van der Waals surface area (Å²) in [4.78, 5) is 26.0. The lowest BCUT2D eigenvalue weighted by atomic mass is 9.98. The molecular weight excluding hydrogens is 396 g/mol. The van der Waals surface area contributed by atoms with Crippen molar-refractivity contribution >= 4 is 45.9 Å². The molecule has 1 aliphatic heterocycles. The van der Waals surface area contributed by atoms with E-state index >= 15 is 0 Å². The molecular formula is C17H24BrClN2O3. The van der Waals surface area contributed by atoms with Crippen LogP contribution in [0.3, 0.4) is 0 Å². The van der Waals surface area contributed by atoms with Crippen LogP contribution in [-0.2, 0) is 14.3 Å². The van der Waals surface area contributed by atoms with E-state index in [4.69, 9.17) is 4.74 Å². The number of halogens is 2. The summed E-state index contributed by atoms with van der Waals surface area (Å²) < 4.78 is 6.08. The molecule has 2 rings (SSSR count). The first kappa shape index (κ1) is 20.9. The SMILES string of the molecule is CCOC(=O)C1CCCN(CCC(=O)Nc2ccc(Br)cc2)C1.Cl. The lowest BCUT2D eigenvalue weighted by Crippen LogP contribution is -2.40. The summed E-state index contributed by atoms with van der Waals surface area (Å²) in [7, 11) is 0. The largest absolute Gasteiger partial charge is 0.466 e. The Morgan fingerprint density at radius 2 is 2.04 bits per heavy atom. The standard InChI is InChI=1S/C17H23BrN2O3.ClH/c1-2-23-17(22)13-4-3-10-20(12-13)11-9-16(21)19-15-7-5-14(18)6-8-15;/h5-8,13H,2-4,9-12H2,1H3,(H,19,21);1H.